The summed E-state index contributed by atoms with van der Waals surface area (Å²) in [5, 5.41) is 3.38. The standard InChI is InChI=1S/C16H27NO/c1-13(2)8-9-15(17-4)10-11-18-16-7-5-6-14(3)12-16/h5-7,12-13,15,17H,8-11H2,1-4H3. The predicted molar refractivity (Wildman–Crippen MR) is 78.2 cm³/mol. The van der Waals surface area contributed by atoms with E-state index in [2.05, 4.69) is 38.2 Å². The molecule has 0 saturated heterocycles. The van der Waals surface area contributed by atoms with E-state index < -0.39 is 0 Å². The van der Waals surface area contributed by atoms with E-state index in [1.807, 2.05) is 19.2 Å². The average Bonchev–Trinajstić information content (AvgIpc) is 2.33. The summed E-state index contributed by atoms with van der Waals surface area (Å²) in [4.78, 5) is 0. The van der Waals surface area contributed by atoms with Crippen LogP contribution in [0.15, 0.2) is 24.3 Å². The highest BCUT2D eigenvalue weighted by molar-refractivity contribution is 5.27. The van der Waals surface area contributed by atoms with Gasteiger partial charge in [-0.2, -0.15) is 0 Å². The molecule has 0 heterocycles. The van der Waals surface area contributed by atoms with Gasteiger partial charge in [-0.1, -0.05) is 26.0 Å². The molecule has 1 N–H and O–H groups in total. The zero-order chi connectivity index (χ0) is 13.4. The number of hydrogen-bond donors (Lipinski definition) is 1. The first-order valence-corrected chi connectivity index (χ1v) is 6.98. The third kappa shape index (κ3) is 6.06. The molecule has 0 aliphatic carbocycles. The van der Waals surface area contributed by atoms with E-state index in [0.29, 0.717) is 6.04 Å². The maximum absolute atomic E-state index is 5.79. The van der Waals surface area contributed by atoms with Gasteiger partial charge in [0.25, 0.3) is 0 Å². The van der Waals surface area contributed by atoms with E-state index in [-0.39, 0.29) is 0 Å². The van der Waals surface area contributed by atoms with Gasteiger partial charge in [0.05, 0.1) is 6.61 Å². The molecule has 1 unspecified atom stereocenters. The Kier molecular flexibility index (Phi) is 6.81. The van der Waals surface area contributed by atoms with Crippen LogP contribution < -0.4 is 10.1 Å². The largest absolute Gasteiger partial charge is 0.494 e. The van der Waals surface area contributed by atoms with Crippen molar-refractivity contribution in [1.29, 1.82) is 0 Å². The molecule has 0 fully saturated rings. The Bertz CT molecular complexity index is 336. The Morgan fingerprint density at radius 1 is 1.17 bits per heavy atom. The lowest BCUT2D eigenvalue weighted by Gasteiger charge is -2.17. The average molecular weight is 249 g/mol. The van der Waals surface area contributed by atoms with E-state index in [0.717, 1.165) is 24.7 Å². The molecular weight excluding hydrogens is 222 g/mol. The summed E-state index contributed by atoms with van der Waals surface area (Å²) in [7, 11) is 2.04. The van der Waals surface area contributed by atoms with Crippen molar-refractivity contribution in [1.82, 2.24) is 5.32 Å². The van der Waals surface area contributed by atoms with E-state index in [4.69, 9.17) is 4.74 Å². The van der Waals surface area contributed by atoms with Crippen molar-refractivity contribution in [2.75, 3.05) is 13.7 Å². The quantitative estimate of drug-likeness (QED) is 0.757. The minimum atomic E-state index is 0.567. The molecule has 0 aliphatic rings. The fourth-order valence-electron chi connectivity index (χ4n) is 1.99. The first-order valence-electron chi connectivity index (χ1n) is 6.98. The zero-order valence-corrected chi connectivity index (χ0v) is 12.2. The van der Waals surface area contributed by atoms with Gasteiger partial charge in [0.1, 0.15) is 5.75 Å². The first kappa shape index (κ1) is 15.0. The summed E-state index contributed by atoms with van der Waals surface area (Å²) < 4.78 is 5.79. The fraction of sp³-hybridized carbons (Fsp3) is 0.625. The van der Waals surface area contributed by atoms with Crippen molar-refractivity contribution in [3.63, 3.8) is 0 Å². The van der Waals surface area contributed by atoms with Crippen LogP contribution in [0.25, 0.3) is 0 Å². The number of hydrogen-bond acceptors (Lipinski definition) is 2. The summed E-state index contributed by atoms with van der Waals surface area (Å²) in [6, 6.07) is 8.81. The van der Waals surface area contributed by atoms with Crippen LogP contribution in [-0.2, 0) is 0 Å². The minimum absolute atomic E-state index is 0.567. The molecule has 0 spiro atoms. The third-order valence-corrected chi connectivity index (χ3v) is 3.23. The van der Waals surface area contributed by atoms with Crippen LogP contribution in [0.1, 0.15) is 38.7 Å². The second kappa shape index (κ2) is 8.15. The molecule has 0 radical (unpaired) electrons. The van der Waals surface area contributed by atoms with Crippen LogP contribution in [0.5, 0.6) is 5.75 Å². The Morgan fingerprint density at radius 2 is 1.94 bits per heavy atom. The van der Waals surface area contributed by atoms with E-state index in [1.165, 1.54) is 18.4 Å². The van der Waals surface area contributed by atoms with Crippen LogP contribution in [0.2, 0.25) is 0 Å². The van der Waals surface area contributed by atoms with E-state index in [1.54, 1.807) is 0 Å². The molecule has 102 valence electrons. The normalized spacial score (nSPS) is 12.7. The van der Waals surface area contributed by atoms with Gasteiger partial charge in [-0.15, -0.1) is 0 Å². The lowest BCUT2D eigenvalue weighted by Crippen LogP contribution is -2.27. The maximum Gasteiger partial charge on any atom is 0.119 e. The van der Waals surface area contributed by atoms with Crippen LogP contribution in [0, 0.1) is 12.8 Å². The summed E-state index contributed by atoms with van der Waals surface area (Å²) in [5.41, 5.74) is 1.25. The van der Waals surface area contributed by atoms with Gasteiger partial charge in [-0.3, -0.25) is 0 Å². The molecule has 0 saturated carbocycles. The van der Waals surface area contributed by atoms with Gasteiger partial charge < -0.3 is 10.1 Å². The van der Waals surface area contributed by atoms with E-state index >= 15 is 0 Å². The fourth-order valence-corrected chi connectivity index (χ4v) is 1.99. The lowest BCUT2D eigenvalue weighted by atomic mass is 10.0. The molecule has 1 aromatic carbocycles. The van der Waals surface area contributed by atoms with E-state index in [9.17, 15) is 0 Å². The van der Waals surface area contributed by atoms with Gasteiger partial charge in [0, 0.05) is 6.04 Å². The molecule has 1 rings (SSSR count). The minimum Gasteiger partial charge on any atom is -0.494 e. The molecule has 0 aromatic heterocycles. The van der Waals surface area contributed by atoms with Gasteiger partial charge in [-0.25, -0.2) is 0 Å². The second-order valence-electron chi connectivity index (χ2n) is 5.41. The smallest absolute Gasteiger partial charge is 0.119 e. The summed E-state index contributed by atoms with van der Waals surface area (Å²) in [6.45, 7) is 7.42. The van der Waals surface area contributed by atoms with Crippen LogP contribution in [0.3, 0.4) is 0 Å². The highest BCUT2D eigenvalue weighted by atomic mass is 16.5. The van der Waals surface area contributed by atoms with Crippen LogP contribution in [0.4, 0.5) is 0 Å². The van der Waals surface area contributed by atoms with Crippen LogP contribution in [-0.4, -0.2) is 19.7 Å². The number of nitrogens with one attached hydrogen (secondary N) is 1. The maximum atomic E-state index is 5.79. The number of ether oxygens (including phenoxy) is 1. The zero-order valence-electron chi connectivity index (χ0n) is 12.2. The predicted octanol–water partition coefficient (Wildman–Crippen LogP) is 3.79. The van der Waals surface area contributed by atoms with Crippen molar-refractivity contribution in [3.8, 4) is 5.75 Å². The molecule has 1 atom stereocenters. The molecule has 18 heavy (non-hydrogen) atoms. The van der Waals surface area contributed by atoms with Gasteiger partial charge in [0.2, 0.25) is 0 Å². The second-order valence-corrected chi connectivity index (χ2v) is 5.41. The summed E-state index contributed by atoms with van der Waals surface area (Å²) >= 11 is 0. The van der Waals surface area contributed by atoms with Crippen molar-refractivity contribution in [3.05, 3.63) is 29.8 Å². The molecular formula is C16H27NO. The third-order valence-electron chi connectivity index (χ3n) is 3.23. The molecule has 2 heteroatoms. The Labute approximate surface area is 112 Å². The lowest BCUT2D eigenvalue weighted by molar-refractivity contribution is 0.280. The van der Waals surface area contributed by atoms with Crippen molar-refractivity contribution < 1.29 is 4.74 Å². The summed E-state index contributed by atoms with van der Waals surface area (Å²) in [6.07, 6.45) is 3.57. The monoisotopic (exact) mass is 249 g/mol. The summed E-state index contributed by atoms with van der Waals surface area (Å²) in [5.74, 6) is 1.76. The van der Waals surface area contributed by atoms with Crippen LogP contribution >= 0.6 is 0 Å². The topological polar surface area (TPSA) is 21.3 Å². The highest BCUT2D eigenvalue weighted by Crippen LogP contribution is 2.14. The molecule has 0 aliphatic heterocycles. The number of benzene rings is 1. The van der Waals surface area contributed by atoms with Crippen molar-refractivity contribution >= 4 is 0 Å². The molecule has 0 bridgehead atoms. The van der Waals surface area contributed by atoms with Gasteiger partial charge in [0.15, 0.2) is 0 Å². The number of aryl methyl sites for hydroxylation is 1. The number of rotatable bonds is 8. The van der Waals surface area contributed by atoms with Gasteiger partial charge >= 0.3 is 0 Å². The van der Waals surface area contributed by atoms with Gasteiger partial charge in [-0.05, 0) is 56.8 Å². The molecule has 0 amide bonds. The first-order chi connectivity index (χ1) is 8.61. The Morgan fingerprint density at radius 3 is 2.56 bits per heavy atom. The molecule has 1 aromatic rings. The van der Waals surface area contributed by atoms with Crippen molar-refractivity contribution in [2.24, 2.45) is 5.92 Å². The molecule has 2 nitrogen and oxygen atoms in total. The van der Waals surface area contributed by atoms with Crippen molar-refractivity contribution in [2.45, 2.75) is 46.1 Å². The Balaban J connectivity index is 2.26. The SMILES string of the molecule is CNC(CCOc1cccc(C)c1)CCC(C)C. The highest BCUT2D eigenvalue weighted by Gasteiger charge is 2.07. The Hall–Kier alpha value is -1.02.